The van der Waals surface area contributed by atoms with Crippen molar-refractivity contribution in [2.75, 3.05) is 26.3 Å². The average molecular weight is 334 g/mol. The Balaban J connectivity index is 1.92. The van der Waals surface area contributed by atoms with E-state index in [0.29, 0.717) is 13.1 Å². The van der Waals surface area contributed by atoms with Crippen LogP contribution < -0.4 is 0 Å². The average Bonchev–Trinajstić information content (AvgIpc) is 3.09. The predicted molar refractivity (Wildman–Crippen MR) is 77.5 cm³/mol. The minimum atomic E-state index is -0.0877. The predicted octanol–water partition coefficient (Wildman–Crippen LogP) is 2.35. The van der Waals surface area contributed by atoms with Crippen molar-refractivity contribution in [1.29, 1.82) is 0 Å². The Morgan fingerprint density at radius 2 is 1.74 bits per heavy atom. The van der Waals surface area contributed by atoms with Crippen LogP contribution in [0.5, 0.6) is 0 Å². The number of alkyl halides is 1. The second-order valence-corrected chi connectivity index (χ2v) is 6.49. The standard InChI is InChI=1S/C14H24BrNO3/c1-2-13(15)14(17)16(9-11-5-3-7-18-11)10-12-6-4-8-19-12/h11-13H,2-10H2,1H3. The fraction of sp³-hybridized carbons (Fsp3) is 0.929. The van der Waals surface area contributed by atoms with Gasteiger partial charge in [-0.1, -0.05) is 22.9 Å². The van der Waals surface area contributed by atoms with E-state index in [1.54, 1.807) is 0 Å². The molecule has 5 heteroatoms. The summed E-state index contributed by atoms with van der Waals surface area (Å²) in [5.41, 5.74) is 0. The molecular formula is C14H24BrNO3. The van der Waals surface area contributed by atoms with Gasteiger partial charge in [-0.05, 0) is 32.1 Å². The molecule has 0 bridgehead atoms. The van der Waals surface area contributed by atoms with Crippen LogP contribution in [0.3, 0.4) is 0 Å². The van der Waals surface area contributed by atoms with E-state index < -0.39 is 0 Å². The minimum Gasteiger partial charge on any atom is -0.376 e. The first-order chi connectivity index (χ1) is 9.20. The third kappa shape index (κ3) is 4.43. The highest BCUT2D eigenvalue weighted by atomic mass is 79.9. The highest BCUT2D eigenvalue weighted by molar-refractivity contribution is 9.10. The lowest BCUT2D eigenvalue weighted by Crippen LogP contribution is -2.45. The van der Waals surface area contributed by atoms with Crippen LogP contribution in [-0.2, 0) is 14.3 Å². The summed E-state index contributed by atoms with van der Waals surface area (Å²) >= 11 is 3.47. The number of hydrogen-bond acceptors (Lipinski definition) is 3. The molecule has 2 saturated heterocycles. The molecule has 0 aromatic heterocycles. The molecule has 0 radical (unpaired) electrons. The smallest absolute Gasteiger partial charge is 0.236 e. The van der Waals surface area contributed by atoms with E-state index in [1.165, 1.54) is 0 Å². The van der Waals surface area contributed by atoms with Gasteiger partial charge in [0, 0.05) is 26.3 Å². The first-order valence-electron chi connectivity index (χ1n) is 7.36. The molecule has 2 rings (SSSR count). The van der Waals surface area contributed by atoms with Gasteiger partial charge in [-0.3, -0.25) is 4.79 Å². The minimum absolute atomic E-state index is 0.0877. The first kappa shape index (κ1) is 15.3. The van der Waals surface area contributed by atoms with Crippen molar-refractivity contribution in [2.45, 2.75) is 56.1 Å². The summed E-state index contributed by atoms with van der Waals surface area (Å²) < 4.78 is 11.3. The quantitative estimate of drug-likeness (QED) is 0.700. The molecule has 19 heavy (non-hydrogen) atoms. The molecule has 3 unspecified atom stereocenters. The number of nitrogens with zero attached hydrogens (tertiary/aromatic N) is 1. The lowest BCUT2D eigenvalue weighted by atomic mass is 10.1. The zero-order chi connectivity index (χ0) is 13.7. The molecular weight excluding hydrogens is 310 g/mol. The lowest BCUT2D eigenvalue weighted by molar-refractivity contribution is -0.133. The Labute approximate surface area is 123 Å². The Morgan fingerprint density at radius 1 is 1.21 bits per heavy atom. The summed E-state index contributed by atoms with van der Waals surface area (Å²) in [6.07, 6.45) is 5.58. The van der Waals surface area contributed by atoms with Crippen molar-refractivity contribution in [3.63, 3.8) is 0 Å². The Hall–Kier alpha value is -0.130. The van der Waals surface area contributed by atoms with Crippen LogP contribution >= 0.6 is 15.9 Å². The zero-order valence-electron chi connectivity index (χ0n) is 11.6. The number of amides is 1. The van der Waals surface area contributed by atoms with Crippen LogP contribution in [0, 0.1) is 0 Å². The maximum Gasteiger partial charge on any atom is 0.236 e. The molecule has 3 atom stereocenters. The van der Waals surface area contributed by atoms with Crippen LogP contribution in [0.1, 0.15) is 39.0 Å². The highest BCUT2D eigenvalue weighted by Gasteiger charge is 2.29. The second-order valence-electron chi connectivity index (χ2n) is 5.39. The van der Waals surface area contributed by atoms with Crippen LogP contribution in [0.4, 0.5) is 0 Å². The molecule has 0 saturated carbocycles. The molecule has 2 fully saturated rings. The van der Waals surface area contributed by atoms with Gasteiger partial charge in [-0.25, -0.2) is 0 Å². The van der Waals surface area contributed by atoms with Gasteiger partial charge in [0.2, 0.25) is 5.91 Å². The number of carbonyl (C=O) groups is 1. The Kier molecular flexibility index (Phi) is 6.10. The molecule has 1 amide bonds. The van der Waals surface area contributed by atoms with Crippen molar-refractivity contribution >= 4 is 21.8 Å². The van der Waals surface area contributed by atoms with E-state index in [9.17, 15) is 4.79 Å². The van der Waals surface area contributed by atoms with Crippen molar-refractivity contribution in [3.8, 4) is 0 Å². The summed E-state index contributed by atoms with van der Waals surface area (Å²) in [7, 11) is 0. The SMILES string of the molecule is CCC(Br)C(=O)N(CC1CCCO1)CC1CCCO1. The number of rotatable bonds is 6. The van der Waals surface area contributed by atoms with Gasteiger partial charge in [0.05, 0.1) is 17.0 Å². The molecule has 0 aliphatic carbocycles. The van der Waals surface area contributed by atoms with Crippen molar-refractivity contribution in [2.24, 2.45) is 0 Å². The van der Waals surface area contributed by atoms with Gasteiger partial charge in [-0.15, -0.1) is 0 Å². The fourth-order valence-electron chi connectivity index (χ4n) is 2.70. The fourth-order valence-corrected chi connectivity index (χ4v) is 2.99. The Bertz CT molecular complexity index is 270. The van der Waals surface area contributed by atoms with Gasteiger partial charge >= 0.3 is 0 Å². The second kappa shape index (κ2) is 7.60. The van der Waals surface area contributed by atoms with E-state index in [2.05, 4.69) is 15.9 Å². The molecule has 0 spiro atoms. The summed E-state index contributed by atoms with van der Waals surface area (Å²) in [5.74, 6) is 0.175. The number of halogens is 1. The molecule has 0 aromatic rings. The van der Waals surface area contributed by atoms with E-state index in [0.717, 1.165) is 45.3 Å². The zero-order valence-corrected chi connectivity index (χ0v) is 13.2. The maximum atomic E-state index is 12.4. The lowest BCUT2D eigenvalue weighted by Gasteiger charge is -2.29. The summed E-state index contributed by atoms with van der Waals surface area (Å²) in [5, 5.41) is 0. The number of carbonyl (C=O) groups excluding carboxylic acids is 1. The van der Waals surface area contributed by atoms with Crippen LogP contribution in [0.2, 0.25) is 0 Å². The summed E-state index contributed by atoms with van der Waals surface area (Å²) in [6.45, 7) is 5.10. The summed E-state index contributed by atoms with van der Waals surface area (Å²) in [6, 6.07) is 0. The van der Waals surface area contributed by atoms with Gasteiger partial charge in [0.15, 0.2) is 0 Å². The topological polar surface area (TPSA) is 38.8 Å². The molecule has 0 N–H and O–H groups in total. The van der Waals surface area contributed by atoms with Crippen molar-refractivity contribution in [1.82, 2.24) is 4.90 Å². The van der Waals surface area contributed by atoms with Crippen LogP contribution in [-0.4, -0.2) is 54.1 Å². The van der Waals surface area contributed by atoms with E-state index in [4.69, 9.17) is 9.47 Å². The maximum absolute atomic E-state index is 12.4. The monoisotopic (exact) mass is 333 g/mol. The van der Waals surface area contributed by atoms with Gasteiger partial charge in [-0.2, -0.15) is 0 Å². The third-order valence-electron chi connectivity index (χ3n) is 3.83. The first-order valence-corrected chi connectivity index (χ1v) is 8.28. The largest absolute Gasteiger partial charge is 0.376 e. The summed E-state index contributed by atoms with van der Waals surface area (Å²) in [4.78, 5) is 14.3. The number of hydrogen-bond donors (Lipinski definition) is 0. The molecule has 4 nitrogen and oxygen atoms in total. The van der Waals surface area contributed by atoms with Gasteiger partial charge in [0.1, 0.15) is 0 Å². The van der Waals surface area contributed by atoms with Crippen LogP contribution in [0.15, 0.2) is 0 Å². The molecule has 2 aliphatic rings. The third-order valence-corrected chi connectivity index (χ3v) is 4.87. The van der Waals surface area contributed by atoms with Crippen molar-refractivity contribution < 1.29 is 14.3 Å². The molecule has 110 valence electrons. The normalized spacial score (nSPS) is 28.5. The molecule has 2 heterocycles. The van der Waals surface area contributed by atoms with E-state index in [-0.39, 0.29) is 22.9 Å². The van der Waals surface area contributed by atoms with E-state index in [1.807, 2.05) is 11.8 Å². The molecule has 2 aliphatic heterocycles. The van der Waals surface area contributed by atoms with Gasteiger partial charge in [0.25, 0.3) is 0 Å². The Morgan fingerprint density at radius 3 is 2.11 bits per heavy atom. The van der Waals surface area contributed by atoms with E-state index >= 15 is 0 Å². The van der Waals surface area contributed by atoms with Gasteiger partial charge < -0.3 is 14.4 Å². The van der Waals surface area contributed by atoms with Crippen LogP contribution in [0.25, 0.3) is 0 Å². The highest BCUT2D eigenvalue weighted by Crippen LogP contribution is 2.19. The molecule has 0 aromatic carbocycles. The van der Waals surface area contributed by atoms with Crippen molar-refractivity contribution in [3.05, 3.63) is 0 Å². The number of ether oxygens (including phenoxy) is 2.